The molecule has 138 valence electrons. The van der Waals surface area contributed by atoms with Gasteiger partial charge in [0.05, 0.1) is 6.10 Å². The average molecular weight is 346 g/mol. The Kier molecular flexibility index (Phi) is 6.59. The van der Waals surface area contributed by atoms with E-state index in [0.29, 0.717) is 25.2 Å². The molecule has 2 amide bonds. The van der Waals surface area contributed by atoms with E-state index in [0.717, 1.165) is 19.4 Å². The number of nitrogens with zero attached hydrogens (tertiary/aromatic N) is 1. The molecule has 1 saturated heterocycles. The van der Waals surface area contributed by atoms with Crippen molar-refractivity contribution < 1.29 is 14.3 Å². The number of rotatable bonds is 6. The molecule has 0 aliphatic carbocycles. The van der Waals surface area contributed by atoms with Gasteiger partial charge in [-0.25, -0.2) is 0 Å². The van der Waals surface area contributed by atoms with Gasteiger partial charge in [0.1, 0.15) is 0 Å². The highest BCUT2D eigenvalue weighted by Crippen LogP contribution is 2.22. The summed E-state index contributed by atoms with van der Waals surface area (Å²) in [5, 5.41) is 2.89. The van der Waals surface area contributed by atoms with Crippen LogP contribution in [0.25, 0.3) is 0 Å². The minimum absolute atomic E-state index is 0.0132. The van der Waals surface area contributed by atoms with Crippen LogP contribution in [0.15, 0.2) is 24.3 Å². The second-order valence-corrected chi connectivity index (χ2v) is 7.68. The third-order valence-electron chi connectivity index (χ3n) is 4.57. The summed E-state index contributed by atoms with van der Waals surface area (Å²) in [7, 11) is 0. The Morgan fingerprint density at radius 3 is 2.44 bits per heavy atom. The molecule has 25 heavy (non-hydrogen) atoms. The van der Waals surface area contributed by atoms with E-state index in [-0.39, 0.29) is 23.3 Å². The maximum absolute atomic E-state index is 12.3. The van der Waals surface area contributed by atoms with Crippen LogP contribution >= 0.6 is 0 Å². The van der Waals surface area contributed by atoms with E-state index in [1.807, 2.05) is 24.3 Å². The van der Waals surface area contributed by atoms with Gasteiger partial charge in [0, 0.05) is 38.7 Å². The summed E-state index contributed by atoms with van der Waals surface area (Å²) in [6.07, 6.45) is 2.18. The zero-order valence-corrected chi connectivity index (χ0v) is 15.8. The van der Waals surface area contributed by atoms with Gasteiger partial charge in [-0.3, -0.25) is 9.59 Å². The predicted octanol–water partition coefficient (Wildman–Crippen LogP) is 2.74. The van der Waals surface area contributed by atoms with Crippen LogP contribution in [-0.4, -0.2) is 49.1 Å². The maximum Gasteiger partial charge on any atom is 0.251 e. The molecule has 0 bridgehead atoms. The number of carbonyl (C=O) groups excluding carboxylic acids is 2. The van der Waals surface area contributed by atoms with Crippen LogP contribution in [0.1, 0.15) is 56.5 Å². The normalized spacial score (nSPS) is 17.4. The first-order valence-electron chi connectivity index (χ1n) is 9.03. The van der Waals surface area contributed by atoms with Gasteiger partial charge in [0.2, 0.25) is 5.91 Å². The van der Waals surface area contributed by atoms with E-state index < -0.39 is 0 Å². The van der Waals surface area contributed by atoms with Crippen molar-refractivity contribution >= 4 is 11.8 Å². The second kappa shape index (κ2) is 8.48. The van der Waals surface area contributed by atoms with Crippen molar-refractivity contribution in [2.45, 2.75) is 52.1 Å². The molecular weight excluding hydrogens is 316 g/mol. The molecule has 5 heteroatoms. The summed E-state index contributed by atoms with van der Waals surface area (Å²) in [5.74, 6) is -0.0969. The molecule has 1 N–H and O–H groups in total. The highest BCUT2D eigenvalue weighted by Gasteiger charge is 2.20. The molecule has 1 aromatic rings. The van der Waals surface area contributed by atoms with E-state index in [2.05, 4.69) is 26.1 Å². The lowest BCUT2D eigenvalue weighted by molar-refractivity contribution is -0.130. The van der Waals surface area contributed by atoms with E-state index in [9.17, 15) is 9.59 Å². The van der Waals surface area contributed by atoms with E-state index in [1.54, 1.807) is 11.8 Å². The van der Waals surface area contributed by atoms with Gasteiger partial charge in [0.15, 0.2) is 0 Å². The first-order valence-corrected chi connectivity index (χ1v) is 9.03. The number of benzene rings is 1. The van der Waals surface area contributed by atoms with Crippen LogP contribution in [0.3, 0.4) is 0 Å². The van der Waals surface area contributed by atoms with Crippen molar-refractivity contribution in [1.29, 1.82) is 0 Å². The Bertz CT molecular complexity index is 584. The molecule has 1 aliphatic heterocycles. The SMILES string of the molecule is CC(=O)N(CCNC(=O)c1ccc(C(C)(C)C)cc1)CC1CCCO1. The van der Waals surface area contributed by atoms with Crippen molar-refractivity contribution in [3.05, 3.63) is 35.4 Å². The average Bonchev–Trinajstić information content (AvgIpc) is 3.06. The summed E-state index contributed by atoms with van der Waals surface area (Å²) in [6.45, 7) is 10.3. The lowest BCUT2D eigenvalue weighted by Crippen LogP contribution is -2.41. The Morgan fingerprint density at radius 2 is 1.92 bits per heavy atom. The number of hydrogen-bond acceptors (Lipinski definition) is 3. The number of nitrogens with one attached hydrogen (secondary N) is 1. The standard InChI is InChI=1S/C20H30N2O3/c1-15(23)22(14-18-6-5-13-25-18)12-11-21-19(24)16-7-9-17(10-8-16)20(2,3)4/h7-10,18H,5-6,11-14H2,1-4H3,(H,21,24). The first kappa shape index (κ1) is 19.4. The molecule has 1 aliphatic rings. The Hall–Kier alpha value is -1.88. The van der Waals surface area contributed by atoms with E-state index in [4.69, 9.17) is 4.74 Å². The van der Waals surface area contributed by atoms with E-state index in [1.165, 1.54) is 5.56 Å². The van der Waals surface area contributed by atoms with E-state index >= 15 is 0 Å². The number of amides is 2. The molecule has 0 spiro atoms. The van der Waals surface area contributed by atoms with Crippen LogP contribution in [0, 0.1) is 0 Å². The summed E-state index contributed by atoms with van der Waals surface area (Å²) < 4.78 is 5.59. The number of hydrogen-bond donors (Lipinski definition) is 1. The van der Waals surface area contributed by atoms with Gasteiger partial charge in [-0.05, 0) is 36.0 Å². The molecule has 0 saturated carbocycles. The molecule has 1 unspecified atom stereocenters. The van der Waals surface area contributed by atoms with Crippen LogP contribution in [0.5, 0.6) is 0 Å². The molecule has 0 aromatic heterocycles. The summed E-state index contributed by atoms with van der Waals surface area (Å²) in [5.41, 5.74) is 1.91. The zero-order valence-electron chi connectivity index (χ0n) is 15.8. The van der Waals surface area contributed by atoms with Crippen molar-refractivity contribution in [2.24, 2.45) is 0 Å². The van der Waals surface area contributed by atoms with Gasteiger partial charge in [-0.2, -0.15) is 0 Å². The second-order valence-electron chi connectivity index (χ2n) is 7.68. The van der Waals surface area contributed by atoms with Gasteiger partial charge in [-0.15, -0.1) is 0 Å². The molecule has 1 heterocycles. The quantitative estimate of drug-likeness (QED) is 0.862. The Morgan fingerprint density at radius 1 is 1.24 bits per heavy atom. The predicted molar refractivity (Wildman–Crippen MR) is 98.7 cm³/mol. The van der Waals surface area contributed by atoms with Crippen molar-refractivity contribution in [3.8, 4) is 0 Å². The van der Waals surface area contributed by atoms with Crippen LogP contribution < -0.4 is 5.32 Å². The largest absolute Gasteiger partial charge is 0.376 e. The Labute approximate surface area is 150 Å². The van der Waals surface area contributed by atoms with Crippen molar-refractivity contribution in [2.75, 3.05) is 26.2 Å². The molecular formula is C20H30N2O3. The van der Waals surface area contributed by atoms with Gasteiger partial charge in [0.25, 0.3) is 5.91 Å². The highest BCUT2D eigenvalue weighted by atomic mass is 16.5. The first-order chi connectivity index (χ1) is 11.8. The number of carbonyl (C=O) groups is 2. The summed E-state index contributed by atoms with van der Waals surface area (Å²) in [6, 6.07) is 7.69. The van der Waals surface area contributed by atoms with Crippen LogP contribution in [-0.2, 0) is 14.9 Å². The van der Waals surface area contributed by atoms with Gasteiger partial charge < -0.3 is 15.0 Å². The summed E-state index contributed by atoms with van der Waals surface area (Å²) >= 11 is 0. The smallest absolute Gasteiger partial charge is 0.251 e. The highest BCUT2D eigenvalue weighted by molar-refractivity contribution is 5.94. The fourth-order valence-corrected chi connectivity index (χ4v) is 2.94. The molecule has 1 aromatic carbocycles. The van der Waals surface area contributed by atoms with Crippen molar-refractivity contribution in [3.63, 3.8) is 0 Å². The maximum atomic E-state index is 12.3. The topological polar surface area (TPSA) is 58.6 Å². The lowest BCUT2D eigenvalue weighted by Gasteiger charge is -2.24. The molecule has 1 fully saturated rings. The Balaban J connectivity index is 1.82. The van der Waals surface area contributed by atoms with Gasteiger partial charge in [-0.1, -0.05) is 32.9 Å². The molecule has 2 rings (SSSR count). The van der Waals surface area contributed by atoms with Crippen molar-refractivity contribution in [1.82, 2.24) is 10.2 Å². The minimum atomic E-state index is -0.110. The lowest BCUT2D eigenvalue weighted by atomic mass is 9.87. The molecule has 0 radical (unpaired) electrons. The monoisotopic (exact) mass is 346 g/mol. The molecule has 1 atom stereocenters. The van der Waals surface area contributed by atoms with Gasteiger partial charge >= 0.3 is 0 Å². The summed E-state index contributed by atoms with van der Waals surface area (Å²) in [4.78, 5) is 25.8. The fourth-order valence-electron chi connectivity index (χ4n) is 2.94. The number of ether oxygens (including phenoxy) is 1. The fraction of sp³-hybridized carbons (Fsp3) is 0.600. The third-order valence-corrected chi connectivity index (χ3v) is 4.57. The zero-order chi connectivity index (χ0) is 18.4. The molecule has 5 nitrogen and oxygen atoms in total. The third kappa shape index (κ3) is 5.85. The minimum Gasteiger partial charge on any atom is -0.376 e. The van der Waals surface area contributed by atoms with Crippen LogP contribution in [0.4, 0.5) is 0 Å². The van der Waals surface area contributed by atoms with Crippen LogP contribution in [0.2, 0.25) is 0 Å².